The van der Waals surface area contributed by atoms with Crippen molar-refractivity contribution >= 4 is 17.5 Å². The lowest BCUT2D eigenvalue weighted by Gasteiger charge is -2.40. The third-order valence-corrected chi connectivity index (χ3v) is 4.63. The molecule has 2 fully saturated rings. The summed E-state index contributed by atoms with van der Waals surface area (Å²) in [6.07, 6.45) is 4.63. The van der Waals surface area contributed by atoms with E-state index in [1.54, 1.807) is 6.33 Å². The van der Waals surface area contributed by atoms with Crippen molar-refractivity contribution in [2.24, 2.45) is 0 Å². The molecule has 6 heteroatoms. The van der Waals surface area contributed by atoms with Crippen molar-refractivity contribution in [3.05, 3.63) is 47.0 Å². The highest BCUT2D eigenvalue weighted by atomic mass is 35.5. The molecule has 1 aromatic carbocycles. The highest BCUT2D eigenvalue weighted by Crippen LogP contribution is 2.40. The Morgan fingerprint density at radius 1 is 1.32 bits per heavy atom. The predicted octanol–water partition coefficient (Wildman–Crippen LogP) is 2.43. The molecule has 0 N–H and O–H groups in total. The Hall–Kier alpha value is -1.88. The SMILES string of the molecule is O=C(Cc1cccc(Cl)c1)N1CC(n2cnnc2C2CC2)C1. The van der Waals surface area contributed by atoms with E-state index < -0.39 is 0 Å². The Morgan fingerprint density at radius 2 is 2.14 bits per heavy atom. The average Bonchev–Trinajstić information content (AvgIpc) is 3.17. The second kappa shape index (κ2) is 5.39. The van der Waals surface area contributed by atoms with Gasteiger partial charge in [0.25, 0.3) is 0 Å². The molecule has 2 aromatic rings. The van der Waals surface area contributed by atoms with Crippen LogP contribution in [0.2, 0.25) is 5.02 Å². The van der Waals surface area contributed by atoms with Crippen LogP contribution in [0.3, 0.4) is 0 Å². The van der Waals surface area contributed by atoms with Crippen LogP contribution in [-0.2, 0) is 11.2 Å². The fourth-order valence-corrected chi connectivity index (χ4v) is 3.15. The maximum atomic E-state index is 12.3. The summed E-state index contributed by atoms with van der Waals surface area (Å²) in [7, 11) is 0. The summed E-state index contributed by atoms with van der Waals surface area (Å²) in [6.45, 7) is 1.49. The van der Waals surface area contributed by atoms with Gasteiger partial charge in [-0.15, -0.1) is 10.2 Å². The topological polar surface area (TPSA) is 51.0 Å². The lowest BCUT2D eigenvalue weighted by Crippen LogP contribution is -2.51. The van der Waals surface area contributed by atoms with Gasteiger partial charge in [-0.3, -0.25) is 4.79 Å². The molecule has 22 heavy (non-hydrogen) atoms. The van der Waals surface area contributed by atoms with Crippen molar-refractivity contribution in [2.75, 3.05) is 13.1 Å². The molecular weight excluding hydrogens is 300 g/mol. The van der Waals surface area contributed by atoms with Crippen molar-refractivity contribution < 1.29 is 4.79 Å². The van der Waals surface area contributed by atoms with Crippen LogP contribution in [0.4, 0.5) is 0 Å². The summed E-state index contributed by atoms with van der Waals surface area (Å²) >= 11 is 5.96. The maximum Gasteiger partial charge on any atom is 0.227 e. The van der Waals surface area contributed by atoms with Gasteiger partial charge in [0, 0.05) is 24.0 Å². The van der Waals surface area contributed by atoms with Crippen LogP contribution in [0.25, 0.3) is 0 Å². The van der Waals surface area contributed by atoms with E-state index in [1.165, 1.54) is 12.8 Å². The number of hydrogen-bond acceptors (Lipinski definition) is 3. The molecule has 1 aliphatic carbocycles. The van der Waals surface area contributed by atoms with Crippen molar-refractivity contribution in [1.82, 2.24) is 19.7 Å². The Balaban J connectivity index is 1.36. The summed E-state index contributed by atoms with van der Waals surface area (Å²) < 4.78 is 2.15. The van der Waals surface area contributed by atoms with Crippen LogP contribution < -0.4 is 0 Å². The summed E-state index contributed by atoms with van der Waals surface area (Å²) in [5.41, 5.74) is 0.962. The van der Waals surface area contributed by atoms with E-state index in [4.69, 9.17) is 11.6 Å². The highest BCUT2D eigenvalue weighted by Gasteiger charge is 2.36. The van der Waals surface area contributed by atoms with Crippen LogP contribution in [-0.4, -0.2) is 38.7 Å². The lowest BCUT2D eigenvalue weighted by molar-refractivity contribution is -0.136. The Morgan fingerprint density at radius 3 is 2.86 bits per heavy atom. The van der Waals surface area contributed by atoms with Gasteiger partial charge >= 0.3 is 0 Å². The first kappa shape index (κ1) is 13.8. The number of likely N-dealkylation sites (tertiary alicyclic amines) is 1. The first-order valence-corrected chi connectivity index (χ1v) is 8.00. The first-order chi connectivity index (χ1) is 10.7. The molecule has 0 spiro atoms. The molecule has 0 bridgehead atoms. The van der Waals surface area contributed by atoms with Crippen LogP contribution in [0.1, 0.15) is 36.2 Å². The minimum absolute atomic E-state index is 0.152. The molecule has 1 aliphatic heterocycles. The number of nitrogens with zero attached hydrogens (tertiary/aromatic N) is 4. The quantitative estimate of drug-likeness (QED) is 0.870. The smallest absolute Gasteiger partial charge is 0.227 e. The van der Waals surface area contributed by atoms with Crippen molar-refractivity contribution in [2.45, 2.75) is 31.2 Å². The molecule has 1 amide bonds. The molecule has 0 unspecified atom stereocenters. The zero-order valence-electron chi connectivity index (χ0n) is 12.2. The minimum Gasteiger partial charge on any atom is -0.338 e. The molecule has 5 nitrogen and oxygen atoms in total. The summed E-state index contributed by atoms with van der Waals surface area (Å²) in [4.78, 5) is 14.2. The van der Waals surface area contributed by atoms with Gasteiger partial charge in [0.15, 0.2) is 0 Å². The van der Waals surface area contributed by atoms with E-state index in [0.29, 0.717) is 23.4 Å². The molecule has 4 rings (SSSR count). The van der Waals surface area contributed by atoms with E-state index in [-0.39, 0.29) is 5.91 Å². The maximum absolute atomic E-state index is 12.3. The number of carbonyl (C=O) groups is 1. The summed E-state index contributed by atoms with van der Waals surface area (Å²) in [6, 6.07) is 7.81. The van der Waals surface area contributed by atoms with E-state index in [1.807, 2.05) is 29.2 Å². The monoisotopic (exact) mass is 316 g/mol. The molecule has 2 heterocycles. The third kappa shape index (κ3) is 2.61. The van der Waals surface area contributed by atoms with Gasteiger partial charge in [0.1, 0.15) is 12.2 Å². The van der Waals surface area contributed by atoms with Crippen molar-refractivity contribution in [1.29, 1.82) is 0 Å². The zero-order valence-corrected chi connectivity index (χ0v) is 12.9. The number of hydrogen-bond donors (Lipinski definition) is 0. The normalized spacial score (nSPS) is 18.3. The van der Waals surface area contributed by atoms with Gasteiger partial charge in [0.2, 0.25) is 5.91 Å². The third-order valence-electron chi connectivity index (χ3n) is 4.40. The predicted molar refractivity (Wildman–Crippen MR) is 82.8 cm³/mol. The molecule has 1 saturated carbocycles. The van der Waals surface area contributed by atoms with E-state index >= 15 is 0 Å². The molecular formula is C16H17ClN4O. The molecule has 0 radical (unpaired) electrons. The van der Waals surface area contributed by atoms with Crippen molar-refractivity contribution in [3.63, 3.8) is 0 Å². The average molecular weight is 317 g/mol. The first-order valence-electron chi connectivity index (χ1n) is 7.62. The summed E-state index contributed by atoms with van der Waals surface area (Å²) in [5.74, 6) is 1.82. The number of halogens is 1. The van der Waals surface area contributed by atoms with E-state index in [2.05, 4.69) is 14.8 Å². The van der Waals surface area contributed by atoms with Gasteiger partial charge in [-0.1, -0.05) is 23.7 Å². The van der Waals surface area contributed by atoms with Crippen LogP contribution in [0.5, 0.6) is 0 Å². The molecule has 114 valence electrons. The minimum atomic E-state index is 0.152. The van der Waals surface area contributed by atoms with Crippen LogP contribution in [0.15, 0.2) is 30.6 Å². The number of rotatable bonds is 4. The molecule has 2 aliphatic rings. The van der Waals surface area contributed by atoms with E-state index in [0.717, 1.165) is 24.5 Å². The number of amides is 1. The molecule has 0 atom stereocenters. The second-order valence-corrected chi connectivity index (χ2v) is 6.57. The van der Waals surface area contributed by atoms with Gasteiger partial charge in [0.05, 0.1) is 12.5 Å². The lowest BCUT2D eigenvalue weighted by atomic mass is 10.1. The Labute approximate surface area is 133 Å². The molecule has 1 saturated heterocycles. The Kier molecular flexibility index (Phi) is 3.37. The summed E-state index contributed by atoms with van der Waals surface area (Å²) in [5, 5.41) is 8.92. The van der Waals surface area contributed by atoms with Gasteiger partial charge in [-0.2, -0.15) is 0 Å². The van der Waals surface area contributed by atoms with Gasteiger partial charge in [-0.25, -0.2) is 0 Å². The van der Waals surface area contributed by atoms with Crippen LogP contribution in [0, 0.1) is 0 Å². The highest BCUT2D eigenvalue weighted by molar-refractivity contribution is 6.30. The zero-order chi connectivity index (χ0) is 15.1. The largest absolute Gasteiger partial charge is 0.338 e. The van der Waals surface area contributed by atoms with E-state index in [9.17, 15) is 4.79 Å². The number of aromatic nitrogens is 3. The van der Waals surface area contributed by atoms with Crippen molar-refractivity contribution in [3.8, 4) is 0 Å². The van der Waals surface area contributed by atoms with Crippen LogP contribution >= 0.6 is 11.6 Å². The van der Waals surface area contributed by atoms with Gasteiger partial charge in [-0.05, 0) is 30.5 Å². The second-order valence-electron chi connectivity index (χ2n) is 6.13. The standard InChI is InChI=1S/C16H17ClN4O/c17-13-3-1-2-11(6-13)7-15(22)20-8-14(9-20)21-10-18-19-16(21)12-4-5-12/h1-3,6,10,12,14H,4-5,7-9H2. The fourth-order valence-electron chi connectivity index (χ4n) is 2.93. The molecule has 1 aromatic heterocycles. The number of carbonyl (C=O) groups excluding carboxylic acids is 1. The number of benzene rings is 1. The fraction of sp³-hybridized carbons (Fsp3) is 0.438. The van der Waals surface area contributed by atoms with Gasteiger partial charge < -0.3 is 9.47 Å². The Bertz CT molecular complexity index is 704.